The van der Waals surface area contributed by atoms with Gasteiger partial charge in [0.25, 0.3) is 0 Å². The molecule has 0 bridgehead atoms. The summed E-state index contributed by atoms with van der Waals surface area (Å²) in [5, 5.41) is 3.68. The fourth-order valence-electron chi connectivity index (χ4n) is 1.78. The van der Waals surface area contributed by atoms with Gasteiger partial charge in [0, 0.05) is 18.2 Å². The number of thiazole rings is 1. The van der Waals surface area contributed by atoms with Crippen LogP contribution in [-0.4, -0.2) is 25.0 Å². The van der Waals surface area contributed by atoms with Gasteiger partial charge in [0.15, 0.2) is 22.4 Å². The van der Waals surface area contributed by atoms with Gasteiger partial charge >= 0.3 is 0 Å². The molecule has 0 aliphatic rings. The zero-order valence-electron chi connectivity index (χ0n) is 12.1. The molecule has 0 radical (unpaired) electrons. The van der Waals surface area contributed by atoms with Gasteiger partial charge in [-0.05, 0) is 12.1 Å². The van der Waals surface area contributed by atoms with E-state index in [9.17, 15) is 4.79 Å². The van der Waals surface area contributed by atoms with E-state index in [1.807, 2.05) is 6.07 Å². The Balaban J connectivity index is 2.24. The number of ether oxygens (including phenoxy) is 2. The number of carbonyl (C=O) groups excluding carboxylic acids is 1. The first-order chi connectivity index (χ1) is 10.1. The van der Waals surface area contributed by atoms with Crippen molar-refractivity contribution < 1.29 is 14.3 Å². The lowest BCUT2D eigenvalue weighted by molar-refractivity contribution is 0.0992. The van der Waals surface area contributed by atoms with Crippen molar-refractivity contribution in [2.75, 3.05) is 25.3 Å². The highest BCUT2D eigenvalue weighted by Gasteiger charge is 2.15. The van der Waals surface area contributed by atoms with Gasteiger partial charge in [-0.1, -0.05) is 18.3 Å². The fraction of sp³-hybridized carbons (Fsp3) is 0.286. The zero-order chi connectivity index (χ0) is 15.4. The largest absolute Gasteiger partial charge is 0.493 e. The van der Waals surface area contributed by atoms with E-state index in [-0.39, 0.29) is 11.6 Å². The average Bonchev–Trinajstić information content (AvgIpc) is 2.86. The van der Waals surface area contributed by atoms with Gasteiger partial charge in [-0.25, -0.2) is 4.98 Å². The summed E-state index contributed by atoms with van der Waals surface area (Å²) in [5.41, 5.74) is 6.54. The Hall–Kier alpha value is -2.28. The number of nitrogens with zero attached hydrogens (tertiary/aromatic N) is 1. The van der Waals surface area contributed by atoms with Crippen LogP contribution in [0.5, 0.6) is 11.5 Å². The highest BCUT2D eigenvalue weighted by atomic mass is 32.1. The molecule has 112 valence electrons. The summed E-state index contributed by atoms with van der Waals surface area (Å²) in [6.07, 6.45) is 0.405. The number of Topliss-reactive ketones (excluding diaryl/α,β-unsaturated/α-hetero) is 1. The number of nitrogen functional groups attached to an aromatic ring is 1. The van der Waals surface area contributed by atoms with Crippen molar-refractivity contribution in [3.63, 3.8) is 0 Å². The van der Waals surface area contributed by atoms with Crippen molar-refractivity contribution in [2.45, 2.75) is 13.3 Å². The Morgan fingerprint density at radius 1 is 1.33 bits per heavy atom. The lowest BCUT2D eigenvalue weighted by Crippen LogP contribution is -1.98. The molecule has 7 heteroatoms. The number of methoxy groups -OCH3 is 2. The molecule has 6 nitrogen and oxygen atoms in total. The molecule has 0 fully saturated rings. The number of hydrogen-bond donors (Lipinski definition) is 2. The molecule has 0 aliphatic carbocycles. The van der Waals surface area contributed by atoms with Crippen LogP contribution in [0.3, 0.4) is 0 Å². The van der Waals surface area contributed by atoms with E-state index in [4.69, 9.17) is 15.2 Å². The molecule has 2 aromatic rings. The predicted octanol–water partition coefficient (Wildman–Crippen LogP) is 3.08. The summed E-state index contributed by atoms with van der Waals surface area (Å²) in [6.45, 7) is 1.79. The van der Waals surface area contributed by atoms with E-state index >= 15 is 0 Å². The number of rotatable bonds is 6. The van der Waals surface area contributed by atoms with E-state index in [1.54, 1.807) is 33.3 Å². The summed E-state index contributed by atoms with van der Waals surface area (Å²) in [6, 6.07) is 5.41. The molecule has 0 atom stereocenters. The van der Waals surface area contributed by atoms with Crippen LogP contribution < -0.4 is 20.5 Å². The molecule has 1 aromatic heterocycles. The Labute approximate surface area is 126 Å². The quantitative estimate of drug-likeness (QED) is 0.798. The zero-order valence-corrected chi connectivity index (χ0v) is 12.9. The Morgan fingerprint density at radius 3 is 2.67 bits per heavy atom. The van der Waals surface area contributed by atoms with E-state index < -0.39 is 0 Å². The molecule has 21 heavy (non-hydrogen) atoms. The normalized spacial score (nSPS) is 10.2. The smallest absolute Gasteiger partial charge is 0.189 e. The van der Waals surface area contributed by atoms with Crippen LogP contribution in [0, 0.1) is 0 Å². The summed E-state index contributed by atoms with van der Waals surface area (Å²) in [5.74, 6) is 1.50. The van der Waals surface area contributed by atoms with Gasteiger partial charge < -0.3 is 20.5 Å². The first-order valence-corrected chi connectivity index (χ1v) is 7.19. The fourth-order valence-corrected chi connectivity index (χ4v) is 2.70. The SMILES string of the molecule is CCC(=O)c1sc(Nc2ccc(OC)c(OC)c2)nc1N. The van der Waals surface area contributed by atoms with Gasteiger partial charge in [0.1, 0.15) is 10.7 Å². The number of ketones is 1. The van der Waals surface area contributed by atoms with Crippen molar-refractivity contribution in [1.29, 1.82) is 0 Å². The molecule has 0 saturated carbocycles. The lowest BCUT2D eigenvalue weighted by atomic mass is 10.3. The monoisotopic (exact) mass is 307 g/mol. The Kier molecular flexibility index (Phi) is 4.64. The van der Waals surface area contributed by atoms with Crippen LogP contribution in [0.2, 0.25) is 0 Å². The molecule has 0 unspecified atom stereocenters. The second kappa shape index (κ2) is 6.45. The molecule has 1 aromatic carbocycles. The molecular weight excluding hydrogens is 290 g/mol. The van der Waals surface area contributed by atoms with Crippen molar-refractivity contribution in [3.05, 3.63) is 23.1 Å². The molecule has 0 amide bonds. The molecule has 2 rings (SSSR count). The van der Waals surface area contributed by atoms with Crippen molar-refractivity contribution in [3.8, 4) is 11.5 Å². The number of nitrogens with one attached hydrogen (secondary N) is 1. The highest BCUT2D eigenvalue weighted by Crippen LogP contribution is 2.33. The third kappa shape index (κ3) is 3.25. The minimum absolute atomic E-state index is 0.00892. The van der Waals surface area contributed by atoms with Crippen molar-refractivity contribution in [2.24, 2.45) is 0 Å². The minimum Gasteiger partial charge on any atom is -0.493 e. The molecule has 0 spiro atoms. The summed E-state index contributed by atoms with van der Waals surface area (Å²) in [7, 11) is 3.15. The van der Waals surface area contributed by atoms with Crippen molar-refractivity contribution >= 4 is 33.8 Å². The van der Waals surface area contributed by atoms with E-state index in [0.29, 0.717) is 27.9 Å². The third-order valence-electron chi connectivity index (χ3n) is 2.86. The first-order valence-electron chi connectivity index (χ1n) is 6.37. The molecule has 0 saturated heterocycles. The molecular formula is C14H17N3O3S. The van der Waals surface area contributed by atoms with Crippen LogP contribution in [0.4, 0.5) is 16.6 Å². The number of hydrogen-bond acceptors (Lipinski definition) is 7. The third-order valence-corrected chi connectivity index (χ3v) is 3.89. The minimum atomic E-state index is -0.00892. The van der Waals surface area contributed by atoms with Crippen LogP contribution in [0.1, 0.15) is 23.0 Å². The predicted molar refractivity (Wildman–Crippen MR) is 84.0 cm³/mol. The molecule has 1 heterocycles. The van der Waals surface area contributed by atoms with Gasteiger partial charge in [0.2, 0.25) is 0 Å². The van der Waals surface area contributed by atoms with Gasteiger partial charge in [-0.15, -0.1) is 0 Å². The van der Waals surface area contributed by atoms with E-state index in [2.05, 4.69) is 10.3 Å². The Morgan fingerprint density at radius 2 is 2.05 bits per heavy atom. The number of nitrogens with two attached hydrogens (primary N) is 1. The van der Waals surface area contributed by atoms with Gasteiger partial charge in [0.05, 0.1) is 14.2 Å². The first kappa shape index (κ1) is 15.1. The maximum atomic E-state index is 11.7. The van der Waals surface area contributed by atoms with Crippen LogP contribution >= 0.6 is 11.3 Å². The van der Waals surface area contributed by atoms with E-state index in [0.717, 1.165) is 5.69 Å². The summed E-state index contributed by atoms with van der Waals surface area (Å²) < 4.78 is 10.4. The number of carbonyl (C=O) groups is 1. The van der Waals surface area contributed by atoms with Crippen molar-refractivity contribution in [1.82, 2.24) is 4.98 Å². The second-order valence-electron chi connectivity index (χ2n) is 4.20. The number of anilines is 3. The van der Waals surface area contributed by atoms with Gasteiger partial charge in [-0.2, -0.15) is 0 Å². The molecule has 0 aliphatic heterocycles. The van der Waals surface area contributed by atoms with Gasteiger partial charge in [-0.3, -0.25) is 4.79 Å². The standard InChI is InChI=1S/C14H17N3O3S/c1-4-9(18)12-13(15)17-14(21-12)16-8-5-6-10(19-2)11(7-8)20-3/h5-7H,4,15H2,1-3H3,(H,16,17). The number of aromatic nitrogens is 1. The topological polar surface area (TPSA) is 86.5 Å². The summed E-state index contributed by atoms with van der Waals surface area (Å²) in [4.78, 5) is 16.4. The second-order valence-corrected chi connectivity index (χ2v) is 5.20. The average molecular weight is 307 g/mol. The summed E-state index contributed by atoms with van der Waals surface area (Å²) >= 11 is 1.24. The van der Waals surface area contributed by atoms with Crippen LogP contribution in [-0.2, 0) is 0 Å². The lowest BCUT2D eigenvalue weighted by Gasteiger charge is -2.09. The van der Waals surface area contributed by atoms with Crippen LogP contribution in [0.15, 0.2) is 18.2 Å². The van der Waals surface area contributed by atoms with Crippen LogP contribution in [0.25, 0.3) is 0 Å². The number of benzene rings is 1. The highest BCUT2D eigenvalue weighted by molar-refractivity contribution is 7.18. The maximum Gasteiger partial charge on any atom is 0.189 e. The molecule has 3 N–H and O–H groups in total. The Bertz CT molecular complexity index is 655. The van der Waals surface area contributed by atoms with E-state index in [1.165, 1.54) is 11.3 Å². The maximum absolute atomic E-state index is 11.7.